The first-order chi connectivity index (χ1) is 14.4. The molecule has 0 bridgehead atoms. The Morgan fingerprint density at radius 2 is 1.40 bits per heavy atom. The zero-order chi connectivity index (χ0) is 21.5. The summed E-state index contributed by atoms with van der Waals surface area (Å²) in [5.41, 5.74) is 1.78. The second-order valence-electron chi connectivity index (χ2n) is 7.19. The van der Waals surface area contributed by atoms with Crippen molar-refractivity contribution >= 4 is 18.1 Å². The van der Waals surface area contributed by atoms with E-state index in [4.69, 9.17) is 0 Å². The van der Waals surface area contributed by atoms with Crippen LogP contribution in [0, 0.1) is 0 Å². The molecular formula is C23H24N4O3. The first-order valence-electron chi connectivity index (χ1n) is 9.52. The summed E-state index contributed by atoms with van der Waals surface area (Å²) in [5.74, 6) is -0.0489. The number of carbonyl (C=O) groups is 1. The number of nitrogens with zero attached hydrogens (tertiary/aromatic N) is 1. The van der Waals surface area contributed by atoms with Gasteiger partial charge in [-0.15, -0.1) is 0 Å². The molecule has 30 heavy (non-hydrogen) atoms. The lowest BCUT2D eigenvalue weighted by Gasteiger charge is -2.10. The van der Waals surface area contributed by atoms with Gasteiger partial charge in [0.15, 0.2) is 0 Å². The lowest BCUT2D eigenvalue weighted by Crippen LogP contribution is -2.46. The number of carbonyl (C=O) groups excluding carboxylic acids is 1. The molecule has 2 aromatic carbocycles. The van der Waals surface area contributed by atoms with Crippen molar-refractivity contribution in [2.45, 2.75) is 6.54 Å². The molecule has 0 spiro atoms. The second kappa shape index (κ2) is 9.67. The molecule has 0 aliphatic carbocycles. The molecule has 3 aromatic rings. The Morgan fingerprint density at radius 3 is 1.93 bits per heavy atom. The van der Waals surface area contributed by atoms with Gasteiger partial charge in [0.25, 0.3) is 11.1 Å². The van der Waals surface area contributed by atoms with Crippen molar-refractivity contribution in [3.05, 3.63) is 103 Å². The van der Waals surface area contributed by atoms with Gasteiger partial charge < -0.3 is 20.2 Å². The molecule has 3 rings (SSSR count). The summed E-state index contributed by atoms with van der Waals surface area (Å²) in [6, 6.07) is 16.7. The number of H-pyrrole nitrogens is 2. The van der Waals surface area contributed by atoms with Crippen molar-refractivity contribution in [3.63, 3.8) is 0 Å². The molecule has 0 saturated carbocycles. The Morgan fingerprint density at radius 1 is 0.867 bits per heavy atom. The van der Waals surface area contributed by atoms with E-state index >= 15 is 0 Å². The van der Waals surface area contributed by atoms with Gasteiger partial charge in [0.2, 0.25) is 5.91 Å². The van der Waals surface area contributed by atoms with Crippen molar-refractivity contribution in [3.8, 4) is 0 Å². The Bertz CT molecular complexity index is 1240. The van der Waals surface area contributed by atoms with E-state index < -0.39 is 0 Å². The van der Waals surface area contributed by atoms with E-state index in [0.717, 1.165) is 16.7 Å². The largest absolute Gasteiger partial charge is 0.351 e. The van der Waals surface area contributed by atoms with Crippen LogP contribution in [0.15, 0.2) is 64.2 Å². The number of rotatable bonds is 6. The maximum Gasteiger partial charge on any atom is 0.272 e. The highest BCUT2D eigenvalue weighted by molar-refractivity contribution is 5.77. The number of amides is 1. The standard InChI is InChI=1S/C23H24N4O3/c1-27(2)15-21(28)24-14-18-10-8-17(9-11-18)13-20-23(30)25-19(22(29)26-20)12-16-6-4-3-5-7-16/h3-13H,14-15H2,1-2H3,(H,24,28)(H,25,30)(H,26,29)/b19-12-,20-13-. The third kappa shape index (κ3) is 5.89. The van der Waals surface area contributed by atoms with Crippen molar-refractivity contribution in [1.29, 1.82) is 0 Å². The van der Waals surface area contributed by atoms with Gasteiger partial charge in [-0.3, -0.25) is 14.4 Å². The Balaban J connectivity index is 1.79. The molecule has 0 radical (unpaired) electrons. The van der Waals surface area contributed by atoms with Crippen molar-refractivity contribution in [2.75, 3.05) is 20.6 Å². The highest BCUT2D eigenvalue weighted by atomic mass is 16.2. The van der Waals surface area contributed by atoms with Crippen LogP contribution >= 0.6 is 0 Å². The molecule has 7 heteroatoms. The van der Waals surface area contributed by atoms with Crippen LogP contribution in [0.5, 0.6) is 0 Å². The number of nitrogens with one attached hydrogen (secondary N) is 3. The minimum absolute atomic E-state index is 0.0489. The molecule has 3 N–H and O–H groups in total. The Hall–Kier alpha value is -3.71. The number of aromatic amines is 2. The summed E-state index contributed by atoms with van der Waals surface area (Å²) in [5, 5.41) is 3.22. The van der Waals surface area contributed by atoms with Crippen LogP contribution in [0.25, 0.3) is 12.2 Å². The fraction of sp³-hybridized carbons (Fsp3) is 0.174. The van der Waals surface area contributed by atoms with Gasteiger partial charge in [0.1, 0.15) is 10.7 Å². The van der Waals surface area contributed by atoms with Crippen LogP contribution < -0.4 is 27.1 Å². The highest BCUT2D eigenvalue weighted by Crippen LogP contribution is 2.04. The first-order valence-corrected chi connectivity index (χ1v) is 9.52. The summed E-state index contributed by atoms with van der Waals surface area (Å²) in [6.07, 6.45) is 3.24. The van der Waals surface area contributed by atoms with E-state index in [1.165, 1.54) is 0 Å². The van der Waals surface area contributed by atoms with Crippen LogP contribution in [0.2, 0.25) is 0 Å². The zero-order valence-electron chi connectivity index (χ0n) is 16.9. The monoisotopic (exact) mass is 404 g/mol. The van der Waals surface area contributed by atoms with Gasteiger partial charge in [-0.25, -0.2) is 0 Å². The van der Waals surface area contributed by atoms with Gasteiger partial charge in [0.05, 0.1) is 6.54 Å². The maximum atomic E-state index is 12.4. The number of hydrogen-bond acceptors (Lipinski definition) is 4. The smallest absolute Gasteiger partial charge is 0.272 e. The van der Waals surface area contributed by atoms with Gasteiger partial charge in [0, 0.05) is 6.54 Å². The van der Waals surface area contributed by atoms with E-state index in [9.17, 15) is 14.4 Å². The van der Waals surface area contributed by atoms with Crippen LogP contribution in [0.3, 0.4) is 0 Å². The molecule has 0 aliphatic rings. The molecule has 7 nitrogen and oxygen atoms in total. The van der Waals surface area contributed by atoms with Crippen molar-refractivity contribution < 1.29 is 4.79 Å². The summed E-state index contributed by atoms with van der Waals surface area (Å²) in [7, 11) is 3.67. The van der Waals surface area contributed by atoms with E-state index in [1.54, 1.807) is 17.1 Å². The van der Waals surface area contributed by atoms with Crippen molar-refractivity contribution in [1.82, 2.24) is 20.2 Å². The average Bonchev–Trinajstić information content (AvgIpc) is 2.71. The van der Waals surface area contributed by atoms with Crippen LogP contribution in [-0.4, -0.2) is 41.4 Å². The predicted molar refractivity (Wildman–Crippen MR) is 117 cm³/mol. The third-order valence-electron chi connectivity index (χ3n) is 4.34. The molecular weight excluding hydrogens is 380 g/mol. The van der Waals surface area contributed by atoms with Crippen LogP contribution in [-0.2, 0) is 11.3 Å². The predicted octanol–water partition coefficient (Wildman–Crippen LogP) is -0.101. The quantitative estimate of drug-likeness (QED) is 0.534. The Labute approximate surface area is 173 Å². The fourth-order valence-electron chi connectivity index (χ4n) is 2.85. The maximum absolute atomic E-state index is 12.4. The molecule has 1 amide bonds. The van der Waals surface area contributed by atoms with E-state index in [2.05, 4.69) is 15.3 Å². The second-order valence-corrected chi connectivity index (χ2v) is 7.19. The van der Waals surface area contributed by atoms with Crippen LogP contribution in [0.1, 0.15) is 16.7 Å². The van der Waals surface area contributed by atoms with Gasteiger partial charge in [-0.05, 0) is 42.9 Å². The fourth-order valence-corrected chi connectivity index (χ4v) is 2.85. The molecule has 1 heterocycles. The molecule has 0 saturated heterocycles. The van der Waals surface area contributed by atoms with E-state index in [-0.39, 0.29) is 27.7 Å². The number of likely N-dealkylation sites (N-methyl/N-ethyl adjacent to an activating group) is 1. The highest BCUT2D eigenvalue weighted by Gasteiger charge is 2.02. The lowest BCUT2D eigenvalue weighted by molar-refractivity contribution is -0.121. The lowest BCUT2D eigenvalue weighted by atomic mass is 10.1. The Kier molecular flexibility index (Phi) is 6.77. The molecule has 0 unspecified atom stereocenters. The van der Waals surface area contributed by atoms with E-state index in [1.807, 2.05) is 68.7 Å². The minimum atomic E-state index is -0.378. The van der Waals surface area contributed by atoms with Gasteiger partial charge in [-0.1, -0.05) is 54.6 Å². The summed E-state index contributed by atoms with van der Waals surface area (Å²) >= 11 is 0. The average molecular weight is 404 g/mol. The van der Waals surface area contributed by atoms with Crippen molar-refractivity contribution in [2.24, 2.45) is 0 Å². The molecule has 1 aromatic heterocycles. The minimum Gasteiger partial charge on any atom is -0.351 e. The zero-order valence-corrected chi connectivity index (χ0v) is 16.9. The number of aromatic nitrogens is 2. The third-order valence-corrected chi connectivity index (χ3v) is 4.34. The van der Waals surface area contributed by atoms with Crippen LogP contribution in [0.4, 0.5) is 0 Å². The summed E-state index contributed by atoms with van der Waals surface area (Å²) in [4.78, 5) is 43.5. The topological polar surface area (TPSA) is 98.1 Å². The van der Waals surface area contributed by atoms with E-state index in [0.29, 0.717) is 13.1 Å². The van der Waals surface area contributed by atoms with Gasteiger partial charge in [-0.2, -0.15) is 0 Å². The normalized spacial score (nSPS) is 12.4. The molecule has 0 aliphatic heterocycles. The van der Waals surface area contributed by atoms with Gasteiger partial charge >= 0.3 is 0 Å². The molecule has 0 fully saturated rings. The molecule has 0 atom stereocenters. The summed E-state index contributed by atoms with van der Waals surface area (Å²) < 4.78 is 0. The number of benzene rings is 2. The SMILES string of the molecule is CN(C)CC(=O)NCc1ccc(/C=c2\[nH]c(=O)/c(=C/c3ccccc3)[nH]c2=O)cc1. The number of hydrogen-bond donors (Lipinski definition) is 3. The molecule has 154 valence electrons. The first kappa shape index (κ1) is 21.0. The summed E-state index contributed by atoms with van der Waals surface area (Å²) in [6.45, 7) is 0.758.